The van der Waals surface area contributed by atoms with Crippen LogP contribution in [-0.2, 0) is 30.3 Å². The van der Waals surface area contributed by atoms with Gasteiger partial charge in [-0.05, 0) is 25.2 Å². The van der Waals surface area contributed by atoms with E-state index in [-0.39, 0.29) is 18.8 Å². The molecule has 1 fully saturated rings. The quantitative estimate of drug-likeness (QED) is 0.0841. The molecule has 1 aliphatic rings. The lowest BCUT2D eigenvalue weighted by molar-refractivity contribution is -0.238. The van der Waals surface area contributed by atoms with Crippen LogP contribution in [0.5, 0.6) is 0 Å². The second kappa shape index (κ2) is 16.8. The number of nitrogens with zero attached hydrogens (tertiary/aromatic N) is 1. The average Bonchev–Trinajstić information content (AvgIpc) is 3.45. The predicted octanol–water partition coefficient (Wildman–Crippen LogP) is -3.67. The van der Waals surface area contributed by atoms with E-state index >= 15 is 0 Å². The number of carboxylic acid groups (broad SMARTS) is 1. The van der Waals surface area contributed by atoms with E-state index in [0.717, 1.165) is 0 Å². The molecule has 11 N–H and O–H groups in total. The van der Waals surface area contributed by atoms with Gasteiger partial charge in [-0.25, -0.2) is 9.78 Å². The SMILES string of the molecule is CC(C)C[C@H](NC(=O)[C@H](Cc1cnc[nH]1)NC(=O)[C@@H](NC1O[C@H](CO)[C@@H](O)[C@H](O)[C@H]1O)C(C)C)C(=O)N[C@H](C(=O)O)[C@@H](C)O. The summed E-state index contributed by atoms with van der Waals surface area (Å²) in [6.07, 6.45) is -6.06. The summed E-state index contributed by atoms with van der Waals surface area (Å²) in [5, 5.41) is 69.6. The van der Waals surface area contributed by atoms with Gasteiger partial charge in [0.2, 0.25) is 17.7 Å². The zero-order valence-electron chi connectivity index (χ0n) is 25.4. The third kappa shape index (κ3) is 10.2. The first-order valence-electron chi connectivity index (χ1n) is 14.4. The predicted molar refractivity (Wildman–Crippen MR) is 152 cm³/mol. The smallest absolute Gasteiger partial charge is 0.328 e. The van der Waals surface area contributed by atoms with Crippen molar-refractivity contribution in [2.45, 2.75) is 108 Å². The Hall–Kier alpha value is -3.19. The molecule has 2 rings (SSSR count). The summed E-state index contributed by atoms with van der Waals surface area (Å²) in [7, 11) is 0. The molecule has 17 nitrogen and oxygen atoms in total. The summed E-state index contributed by atoms with van der Waals surface area (Å²) in [6.45, 7) is 7.47. The molecule has 0 bridgehead atoms. The Morgan fingerprint density at radius 2 is 1.52 bits per heavy atom. The zero-order chi connectivity index (χ0) is 33.3. The van der Waals surface area contributed by atoms with E-state index in [1.54, 1.807) is 27.7 Å². The maximum absolute atomic E-state index is 13.6. The number of ether oxygens (including phenoxy) is 1. The monoisotopic (exact) mass is 630 g/mol. The fourth-order valence-corrected chi connectivity index (χ4v) is 4.69. The van der Waals surface area contributed by atoms with E-state index < -0.39 is 97.1 Å². The molecule has 17 heteroatoms. The van der Waals surface area contributed by atoms with Gasteiger partial charge in [0.25, 0.3) is 0 Å². The number of hydrogen-bond acceptors (Lipinski definition) is 12. The van der Waals surface area contributed by atoms with Crippen LogP contribution in [0.1, 0.15) is 46.7 Å². The third-order valence-electron chi connectivity index (χ3n) is 7.18. The Morgan fingerprint density at radius 3 is 2.02 bits per heavy atom. The first-order valence-corrected chi connectivity index (χ1v) is 14.4. The summed E-state index contributed by atoms with van der Waals surface area (Å²) in [4.78, 5) is 58.4. The number of amides is 3. The Morgan fingerprint density at radius 1 is 0.909 bits per heavy atom. The van der Waals surface area contributed by atoms with Crippen molar-refractivity contribution in [2.24, 2.45) is 11.8 Å². The molecule has 1 aromatic rings. The number of aliphatic hydroxyl groups excluding tert-OH is 5. The van der Waals surface area contributed by atoms with Gasteiger partial charge in [0, 0.05) is 18.3 Å². The number of nitrogens with one attached hydrogen (secondary N) is 5. The van der Waals surface area contributed by atoms with Gasteiger partial charge in [-0.2, -0.15) is 0 Å². The lowest BCUT2D eigenvalue weighted by atomic mass is 9.96. The van der Waals surface area contributed by atoms with Crippen molar-refractivity contribution in [1.82, 2.24) is 31.2 Å². The van der Waals surface area contributed by atoms with Gasteiger partial charge in [-0.1, -0.05) is 27.7 Å². The number of imidazole rings is 1. The van der Waals surface area contributed by atoms with Crippen molar-refractivity contribution in [3.05, 3.63) is 18.2 Å². The highest BCUT2D eigenvalue weighted by atomic mass is 16.6. The second-order valence-corrected chi connectivity index (χ2v) is 11.7. The van der Waals surface area contributed by atoms with Crippen LogP contribution in [0.4, 0.5) is 0 Å². The Balaban J connectivity index is 2.28. The van der Waals surface area contributed by atoms with E-state index in [9.17, 15) is 49.8 Å². The number of aromatic amines is 1. The van der Waals surface area contributed by atoms with Crippen molar-refractivity contribution in [1.29, 1.82) is 0 Å². The van der Waals surface area contributed by atoms with Crippen molar-refractivity contribution >= 4 is 23.7 Å². The van der Waals surface area contributed by atoms with Gasteiger partial charge < -0.3 is 56.3 Å². The van der Waals surface area contributed by atoms with Crippen LogP contribution in [0.3, 0.4) is 0 Å². The van der Waals surface area contributed by atoms with Crippen LogP contribution >= 0.6 is 0 Å². The number of aromatic nitrogens is 2. The van der Waals surface area contributed by atoms with E-state index in [1.165, 1.54) is 19.4 Å². The molecule has 250 valence electrons. The van der Waals surface area contributed by atoms with Crippen molar-refractivity contribution in [3.8, 4) is 0 Å². The number of carbonyl (C=O) groups is 4. The molecule has 2 heterocycles. The summed E-state index contributed by atoms with van der Waals surface area (Å²) in [5.41, 5.74) is 0.471. The van der Waals surface area contributed by atoms with Crippen LogP contribution in [0.15, 0.2) is 12.5 Å². The van der Waals surface area contributed by atoms with Crippen molar-refractivity contribution in [2.75, 3.05) is 6.61 Å². The van der Waals surface area contributed by atoms with Crippen LogP contribution in [0.2, 0.25) is 0 Å². The molecule has 0 aliphatic carbocycles. The highest BCUT2D eigenvalue weighted by molar-refractivity contribution is 5.94. The van der Waals surface area contributed by atoms with Gasteiger partial charge in [-0.15, -0.1) is 0 Å². The van der Waals surface area contributed by atoms with Gasteiger partial charge in [-0.3, -0.25) is 19.7 Å². The van der Waals surface area contributed by atoms with Crippen LogP contribution in [0.25, 0.3) is 0 Å². The first kappa shape index (κ1) is 37.0. The third-order valence-corrected chi connectivity index (χ3v) is 7.18. The van der Waals surface area contributed by atoms with Gasteiger partial charge in [0.15, 0.2) is 6.04 Å². The number of aliphatic hydroxyl groups is 5. The highest BCUT2D eigenvalue weighted by Crippen LogP contribution is 2.21. The Bertz CT molecular complexity index is 1080. The zero-order valence-corrected chi connectivity index (χ0v) is 25.4. The second-order valence-electron chi connectivity index (χ2n) is 11.7. The average molecular weight is 631 g/mol. The molecule has 0 saturated carbocycles. The van der Waals surface area contributed by atoms with E-state index in [4.69, 9.17) is 4.74 Å². The Labute approximate surface area is 254 Å². The summed E-state index contributed by atoms with van der Waals surface area (Å²) in [5.74, 6) is -4.34. The summed E-state index contributed by atoms with van der Waals surface area (Å²) >= 11 is 0. The molecule has 0 aromatic carbocycles. The lowest BCUT2D eigenvalue weighted by Gasteiger charge is -2.42. The van der Waals surface area contributed by atoms with Crippen LogP contribution in [-0.4, -0.2) is 132 Å². The normalized spacial score (nSPS) is 25.5. The summed E-state index contributed by atoms with van der Waals surface area (Å²) < 4.78 is 5.48. The maximum atomic E-state index is 13.6. The minimum Gasteiger partial charge on any atom is -0.480 e. The molecule has 1 aromatic heterocycles. The van der Waals surface area contributed by atoms with Crippen LogP contribution in [0, 0.1) is 11.8 Å². The van der Waals surface area contributed by atoms with Gasteiger partial charge in [0.1, 0.15) is 42.7 Å². The number of aliphatic carboxylic acids is 1. The molecular weight excluding hydrogens is 584 g/mol. The molecule has 44 heavy (non-hydrogen) atoms. The Kier molecular flexibility index (Phi) is 14.1. The topological polar surface area (TPSA) is 276 Å². The molecule has 10 atom stereocenters. The van der Waals surface area contributed by atoms with Gasteiger partial charge in [0.05, 0.1) is 25.1 Å². The number of carboxylic acids is 1. The van der Waals surface area contributed by atoms with Crippen molar-refractivity contribution < 1.29 is 54.6 Å². The van der Waals surface area contributed by atoms with Crippen molar-refractivity contribution in [3.63, 3.8) is 0 Å². The standard InChI is InChI=1S/C27H46N6O11/c1-11(2)6-15(24(40)32-19(13(5)35)27(42)43)30-23(39)16(7-14-8-28-10-29-14)31-25(41)18(12(3)4)33-26-22(38)21(37)20(36)17(9-34)44-26/h8,10-13,15-22,26,33-38H,6-7,9H2,1-5H3,(H,28,29)(H,30,39)(H,31,41)(H,32,40)(H,42,43)/t13-,15+,16+,17-,18+,19+,20-,21+,22-,26?/m1/s1. The largest absolute Gasteiger partial charge is 0.480 e. The maximum Gasteiger partial charge on any atom is 0.328 e. The number of hydrogen-bond donors (Lipinski definition) is 11. The molecular formula is C27H46N6O11. The summed E-state index contributed by atoms with van der Waals surface area (Å²) in [6, 6.07) is -5.20. The highest BCUT2D eigenvalue weighted by Gasteiger charge is 2.45. The lowest BCUT2D eigenvalue weighted by Crippen LogP contribution is -2.66. The minimum absolute atomic E-state index is 0.0795. The fourth-order valence-electron chi connectivity index (χ4n) is 4.69. The van der Waals surface area contributed by atoms with E-state index in [0.29, 0.717) is 5.69 Å². The molecule has 0 spiro atoms. The minimum atomic E-state index is -1.67. The first-order chi connectivity index (χ1) is 20.6. The van der Waals surface area contributed by atoms with E-state index in [2.05, 4.69) is 31.2 Å². The molecule has 3 amide bonds. The van der Waals surface area contributed by atoms with Crippen LogP contribution < -0.4 is 21.3 Å². The molecule has 1 aliphatic heterocycles. The number of rotatable bonds is 16. The molecule has 0 radical (unpaired) electrons. The number of H-pyrrole nitrogens is 1. The molecule has 1 saturated heterocycles. The molecule has 1 unspecified atom stereocenters. The van der Waals surface area contributed by atoms with E-state index in [1.807, 2.05) is 0 Å². The van der Waals surface area contributed by atoms with Gasteiger partial charge >= 0.3 is 5.97 Å². The number of carbonyl (C=O) groups excluding carboxylic acids is 3. The fraction of sp³-hybridized carbons (Fsp3) is 0.741.